The zero-order chi connectivity index (χ0) is 17.5. The molecule has 23 heavy (non-hydrogen) atoms. The van der Waals surface area contributed by atoms with Crippen molar-refractivity contribution < 1.29 is 0 Å². The standard InChI is InChI=1S/C21H32N2/c1-12(2)10-19-21(18(9)22-23(19)13(3)4)20-16(7)14(5)11-15(6)17(20)8/h11-13H,10H2,1-9H3. The second-order valence-corrected chi connectivity index (χ2v) is 7.68. The van der Waals surface area contributed by atoms with E-state index in [1.807, 2.05) is 0 Å². The molecule has 1 aromatic heterocycles. The van der Waals surface area contributed by atoms with Crippen LogP contribution in [0.5, 0.6) is 0 Å². The number of hydrogen-bond acceptors (Lipinski definition) is 1. The number of aromatic nitrogens is 2. The molecule has 2 aromatic rings. The van der Waals surface area contributed by atoms with Crippen LogP contribution in [-0.4, -0.2) is 9.78 Å². The largest absolute Gasteiger partial charge is 0.266 e. The van der Waals surface area contributed by atoms with Crippen LogP contribution in [0.2, 0.25) is 0 Å². The highest BCUT2D eigenvalue weighted by molar-refractivity contribution is 5.77. The molecular weight excluding hydrogens is 280 g/mol. The fourth-order valence-electron chi connectivity index (χ4n) is 3.52. The molecule has 0 N–H and O–H groups in total. The van der Waals surface area contributed by atoms with E-state index in [4.69, 9.17) is 5.10 Å². The molecule has 0 atom stereocenters. The Labute approximate surface area is 141 Å². The zero-order valence-corrected chi connectivity index (χ0v) is 16.3. The van der Waals surface area contributed by atoms with Gasteiger partial charge in [-0.1, -0.05) is 19.9 Å². The van der Waals surface area contributed by atoms with E-state index in [0.29, 0.717) is 12.0 Å². The number of aryl methyl sites for hydroxylation is 3. The Morgan fingerprint density at radius 1 is 0.870 bits per heavy atom. The van der Waals surface area contributed by atoms with Crippen molar-refractivity contribution in [1.82, 2.24) is 9.78 Å². The molecule has 0 bridgehead atoms. The topological polar surface area (TPSA) is 17.8 Å². The summed E-state index contributed by atoms with van der Waals surface area (Å²) in [6.07, 6.45) is 1.07. The molecule has 0 unspecified atom stereocenters. The lowest BCUT2D eigenvalue weighted by Gasteiger charge is -2.19. The van der Waals surface area contributed by atoms with Crippen LogP contribution in [0, 0.1) is 40.5 Å². The van der Waals surface area contributed by atoms with E-state index in [1.165, 1.54) is 39.1 Å². The maximum Gasteiger partial charge on any atom is 0.0675 e. The maximum atomic E-state index is 4.90. The quantitative estimate of drug-likeness (QED) is 0.690. The van der Waals surface area contributed by atoms with Crippen LogP contribution in [0.1, 0.15) is 67.4 Å². The first kappa shape index (κ1) is 17.8. The van der Waals surface area contributed by atoms with E-state index in [9.17, 15) is 0 Å². The number of benzene rings is 1. The summed E-state index contributed by atoms with van der Waals surface area (Å²) in [5.74, 6) is 0.619. The van der Waals surface area contributed by atoms with Gasteiger partial charge >= 0.3 is 0 Å². The van der Waals surface area contributed by atoms with E-state index in [2.05, 4.69) is 73.1 Å². The van der Waals surface area contributed by atoms with Crippen LogP contribution in [0.15, 0.2) is 6.07 Å². The minimum atomic E-state index is 0.391. The molecule has 0 spiro atoms. The van der Waals surface area contributed by atoms with Crippen molar-refractivity contribution in [3.8, 4) is 11.1 Å². The Morgan fingerprint density at radius 2 is 1.39 bits per heavy atom. The van der Waals surface area contributed by atoms with Gasteiger partial charge in [-0.25, -0.2) is 0 Å². The second kappa shape index (κ2) is 6.51. The first-order valence-electron chi connectivity index (χ1n) is 8.80. The molecule has 0 aliphatic carbocycles. The van der Waals surface area contributed by atoms with Crippen molar-refractivity contribution in [2.24, 2.45) is 5.92 Å². The summed E-state index contributed by atoms with van der Waals surface area (Å²) in [7, 11) is 0. The highest BCUT2D eigenvalue weighted by Gasteiger charge is 2.22. The molecule has 0 radical (unpaired) electrons. The van der Waals surface area contributed by atoms with Crippen molar-refractivity contribution in [2.45, 2.75) is 74.8 Å². The fourth-order valence-corrected chi connectivity index (χ4v) is 3.52. The molecule has 2 heteroatoms. The molecule has 0 saturated carbocycles. The van der Waals surface area contributed by atoms with Gasteiger partial charge in [-0.05, 0) is 88.6 Å². The first-order chi connectivity index (χ1) is 10.6. The lowest BCUT2D eigenvalue weighted by atomic mass is 9.87. The van der Waals surface area contributed by atoms with Crippen molar-refractivity contribution in [2.75, 3.05) is 0 Å². The second-order valence-electron chi connectivity index (χ2n) is 7.68. The highest BCUT2D eigenvalue weighted by Crippen LogP contribution is 2.37. The van der Waals surface area contributed by atoms with E-state index < -0.39 is 0 Å². The Balaban J connectivity index is 2.84. The minimum absolute atomic E-state index is 0.391. The fraction of sp³-hybridized carbons (Fsp3) is 0.571. The Hall–Kier alpha value is -1.57. The van der Waals surface area contributed by atoms with Crippen LogP contribution in [0.4, 0.5) is 0 Å². The van der Waals surface area contributed by atoms with Crippen molar-refractivity contribution in [3.63, 3.8) is 0 Å². The molecule has 1 heterocycles. The molecule has 0 aliphatic rings. The van der Waals surface area contributed by atoms with Gasteiger partial charge in [0.05, 0.1) is 5.69 Å². The average molecular weight is 313 g/mol. The van der Waals surface area contributed by atoms with Crippen LogP contribution >= 0.6 is 0 Å². The van der Waals surface area contributed by atoms with Crippen molar-refractivity contribution >= 4 is 0 Å². The van der Waals surface area contributed by atoms with Crippen molar-refractivity contribution in [1.29, 1.82) is 0 Å². The van der Waals surface area contributed by atoms with Gasteiger partial charge in [-0.15, -0.1) is 0 Å². The lowest BCUT2D eigenvalue weighted by Crippen LogP contribution is -2.10. The van der Waals surface area contributed by atoms with Gasteiger partial charge in [0.15, 0.2) is 0 Å². The van der Waals surface area contributed by atoms with E-state index >= 15 is 0 Å². The molecule has 0 amide bonds. The van der Waals surface area contributed by atoms with Gasteiger partial charge in [0.25, 0.3) is 0 Å². The number of hydrogen-bond donors (Lipinski definition) is 0. The first-order valence-corrected chi connectivity index (χ1v) is 8.80. The van der Waals surface area contributed by atoms with Gasteiger partial charge < -0.3 is 0 Å². The molecule has 2 rings (SSSR count). The Bertz CT molecular complexity index is 692. The van der Waals surface area contributed by atoms with Crippen LogP contribution in [0.25, 0.3) is 11.1 Å². The normalized spacial score (nSPS) is 11.8. The Morgan fingerprint density at radius 3 is 1.83 bits per heavy atom. The van der Waals surface area contributed by atoms with Gasteiger partial charge in [-0.2, -0.15) is 5.10 Å². The maximum absolute atomic E-state index is 4.90. The van der Waals surface area contributed by atoms with Crippen LogP contribution in [-0.2, 0) is 6.42 Å². The highest BCUT2D eigenvalue weighted by atomic mass is 15.3. The number of rotatable bonds is 4. The minimum Gasteiger partial charge on any atom is -0.266 e. The molecule has 1 aromatic carbocycles. The summed E-state index contributed by atoms with van der Waals surface area (Å²) < 4.78 is 2.24. The zero-order valence-electron chi connectivity index (χ0n) is 16.3. The lowest BCUT2D eigenvalue weighted by molar-refractivity contribution is 0.487. The van der Waals surface area contributed by atoms with E-state index in [0.717, 1.165) is 12.1 Å². The molecule has 2 nitrogen and oxygen atoms in total. The van der Waals surface area contributed by atoms with Crippen LogP contribution in [0.3, 0.4) is 0 Å². The smallest absolute Gasteiger partial charge is 0.0675 e. The third-order valence-electron chi connectivity index (χ3n) is 4.89. The molecular formula is C21H32N2. The summed E-state index contributed by atoms with van der Waals surface area (Å²) in [6.45, 7) is 20.1. The van der Waals surface area contributed by atoms with Gasteiger partial charge in [0, 0.05) is 17.3 Å². The number of nitrogens with zero attached hydrogens (tertiary/aromatic N) is 2. The van der Waals surface area contributed by atoms with E-state index in [1.54, 1.807) is 0 Å². The summed E-state index contributed by atoms with van der Waals surface area (Å²) in [5.41, 5.74) is 10.9. The van der Waals surface area contributed by atoms with E-state index in [-0.39, 0.29) is 0 Å². The molecule has 0 aliphatic heterocycles. The molecule has 126 valence electrons. The predicted molar refractivity (Wildman–Crippen MR) is 100 cm³/mol. The Kier molecular flexibility index (Phi) is 5.03. The monoisotopic (exact) mass is 312 g/mol. The summed E-state index contributed by atoms with van der Waals surface area (Å²) in [6, 6.07) is 2.70. The van der Waals surface area contributed by atoms with Crippen molar-refractivity contribution in [3.05, 3.63) is 39.7 Å². The third-order valence-corrected chi connectivity index (χ3v) is 4.89. The summed E-state index contributed by atoms with van der Waals surface area (Å²) in [4.78, 5) is 0. The van der Waals surface area contributed by atoms with Gasteiger partial charge in [-0.3, -0.25) is 4.68 Å². The molecule has 0 fully saturated rings. The van der Waals surface area contributed by atoms with Crippen LogP contribution < -0.4 is 0 Å². The third kappa shape index (κ3) is 3.22. The summed E-state index contributed by atoms with van der Waals surface area (Å²) >= 11 is 0. The summed E-state index contributed by atoms with van der Waals surface area (Å²) in [5, 5.41) is 4.90. The SMILES string of the molecule is Cc1cc(C)c(C)c(-c2c(C)nn(C(C)C)c2CC(C)C)c1C. The molecule has 0 saturated heterocycles. The average Bonchev–Trinajstić information content (AvgIpc) is 2.74. The predicted octanol–water partition coefficient (Wildman–Crippen LogP) is 5.87. The van der Waals surface area contributed by atoms with Gasteiger partial charge in [0.1, 0.15) is 0 Å². The van der Waals surface area contributed by atoms with Gasteiger partial charge in [0.2, 0.25) is 0 Å².